The number of rotatable bonds is 8. The highest BCUT2D eigenvalue weighted by Crippen LogP contribution is 2.31. The number of amides is 2. The second kappa shape index (κ2) is 9.87. The van der Waals surface area contributed by atoms with Crippen LogP contribution in [0.2, 0.25) is 0 Å². The SMILES string of the molecule is O=C(CCCCl)Nc1ccc2c(c1)C(=O)c1cc(NC(=O)CCCCl)ccc1C2=O. The molecule has 0 atom stereocenters. The minimum atomic E-state index is -0.340. The Kier molecular flexibility index (Phi) is 7.24. The number of hydrogen-bond acceptors (Lipinski definition) is 4. The molecule has 0 heterocycles. The first kappa shape index (κ1) is 22.0. The van der Waals surface area contributed by atoms with Gasteiger partial charge in [0, 0.05) is 58.2 Å². The van der Waals surface area contributed by atoms with Gasteiger partial charge in [0.05, 0.1) is 0 Å². The maximum Gasteiger partial charge on any atom is 0.224 e. The third-order valence-electron chi connectivity index (χ3n) is 4.66. The van der Waals surface area contributed by atoms with E-state index < -0.39 is 0 Å². The van der Waals surface area contributed by atoms with Crippen molar-refractivity contribution in [1.29, 1.82) is 0 Å². The fourth-order valence-corrected chi connectivity index (χ4v) is 3.47. The molecule has 156 valence electrons. The summed E-state index contributed by atoms with van der Waals surface area (Å²) in [5, 5.41) is 5.43. The molecule has 1 aliphatic rings. The highest BCUT2D eigenvalue weighted by molar-refractivity contribution is 6.29. The molecule has 0 saturated carbocycles. The molecule has 0 saturated heterocycles. The molecule has 2 aromatic rings. The van der Waals surface area contributed by atoms with Crippen LogP contribution in [0.1, 0.15) is 57.5 Å². The van der Waals surface area contributed by atoms with Crippen LogP contribution in [-0.2, 0) is 9.59 Å². The monoisotopic (exact) mass is 446 g/mol. The minimum absolute atomic E-state index is 0.215. The van der Waals surface area contributed by atoms with Crippen LogP contribution in [0.25, 0.3) is 0 Å². The molecule has 0 fully saturated rings. The molecule has 0 aromatic heterocycles. The number of anilines is 2. The van der Waals surface area contributed by atoms with E-state index >= 15 is 0 Å². The smallest absolute Gasteiger partial charge is 0.224 e. The predicted molar refractivity (Wildman–Crippen MR) is 117 cm³/mol. The van der Waals surface area contributed by atoms with E-state index in [-0.39, 0.29) is 58.5 Å². The lowest BCUT2D eigenvalue weighted by Crippen LogP contribution is -2.22. The maximum absolute atomic E-state index is 13.1. The van der Waals surface area contributed by atoms with Crippen LogP contribution in [0.4, 0.5) is 11.4 Å². The maximum atomic E-state index is 13.1. The molecule has 2 amide bonds. The molecule has 0 bridgehead atoms. The summed E-state index contributed by atoms with van der Waals surface area (Å²) in [6.45, 7) is 0. The Morgan fingerprint density at radius 1 is 0.667 bits per heavy atom. The van der Waals surface area contributed by atoms with Crippen molar-refractivity contribution in [2.75, 3.05) is 22.4 Å². The molecule has 6 nitrogen and oxygen atoms in total. The van der Waals surface area contributed by atoms with Gasteiger partial charge in [-0.25, -0.2) is 0 Å². The zero-order valence-electron chi connectivity index (χ0n) is 16.1. The van der Waals surface area contributed by atoms with Crippen molar-refractivity contribution in [2.45, 2.75) is 25.7 Å². The van der Waals surface area contributed by atoms with Gasteiger partial charge in [0.2, 0.25) is 11.8 Å². The second-order valence-electron chi connectivity index (χ2n) is 6.86. The first-order valence-corrected chi connectivity index (χ1v) is 10.6. The molecule has 30 heavy (non-hydrogen) atoms. The molecular weight excluding hydrogens is 427 g/mol. The lowest BCUT2D eigenvalue weighted by molar-refractivity contribution is -0.117. The van der Waals surface area contributed by atoms with Gasteiger partial charge in [-0.2, -0.15) is 0 Å². The quantitative estimate of drug-likeness (QED) is 0.502. The van der Waals surface area contributed by atoms with E-state index in [1.165, 1.54) is 24.3 Å². The van der Waals surface area contributed by atoms with E-state index in [0.717, 1.165) is 0 Å². The molecule has 2 aromatic carbocycles. The van der Waals surface area contributed by atoms with Crippen molar-refractivity contribution in [3.63, 3.8) is 0 Å². The summed E-state index contributed by atoms with van der Waals surface area (Å²) in [6.07, 6.45) is 1.62. The number of hydrogen-bond donors (Lipinski definition) is 2. The zero-order chi connectivity index (χ0) is 21.7. The van der Waals surface area contributed by atoms with E-state index in [4.69, 9.17) is 23.2 Å². The standard InChI is InChI=1S/C22H20Cl2N2O4/c23-9-1-3-19(27)25-13-5-7-15-17(11-13)22(30)18-12-14(6-8-16(18)21(15)29)26-20(28)4-2-10-24/h5-8,11-12H,1-4,9-10H2,(H,25,27)(H,26,28). The van der Waals surface area contributed by atoms with Crippen molar-refractivity contribution >= 4 is 58.0 Å². The summed E-state index contributed by atoms with van der Waals surface area (Å²) in [4.78, 5) is 49.8. The number of carbonyl (C=O) groups is 4. The Bertz CT molecular complexity index is 943. The second-order valence-corrected chi connectivity index (χ2v) is 7.62. The van der Waals surface area contributed by atoms with Crippen LogP contribution in [0.15, 0.2) is 36.4 Å². The summed E-state index contributed by atoms with van der Waals surface area (Å²) in [5.74, 6) is -0.286. The van der Waals surface area contributed by atoms with Gasteiger partial charge >= 0.3 is 0 Å². The van der Waals surface area contributed by atoms with Crippen LogP contribution < -0.4 is 10.6 Å². The van der Waals surface area contributed by atoms with E-state index in [1.54, 1.807) is 12.1 Å². The van der Waals surface area contributed by atoms with Gasteiger partial charge in [-0.05, 0) is 49.2 Å². The lowest BCUT2D eigenvalue weighted by atomic mass is 9.83. The van der Waals surface area contributed by atoms with Crippen LogP contribution >= 0.6 is 23.2 Å². The molecule has 3 rings (SSSR count). The summed E-state index contributed by atoms with van der Waals surface area (Å²) in [5.41, 5.74) is 1.86. The molecule has 0 aliphatic heterocycles. The predicted octanol–water partition coefficient (Wildman–Crippen LogP) is 4.38. The summed E-state index contributed by atoms with van der Waals surface area (Å²) in [6, 6.07) is 9.28. The number of carbonyl (C=O) groups excluding carboxylic acids is 4. The Morgan fingerprint density at radius 2 is 1.07 bits per heavy atom. The van der Waals surface area contributed by atoms with Crippen molar-refractivity contribution < 1.29 is 19.2 Å². The molecule has 8 heteroatoms. The molecule has 2 N–H and O–H groups in total. The van der Waals surface area contributed by atoms with Crippen LogP contribution in [0.5, 0.6) is 0 Å². The molecule has 0 radical (unpaired) electrons. The van der Waals surface area contributed by atoms with Gasteiger partial charge in [0.1, 0.15) is 0 Å². The minimum Gasteiger partial charge on any atom is -0.326 e. The zero-order valence-corrected chi connectivity index (χ0v) is 17.6. The molecule has 0 spiro atoms. The van der Waals surface area contributed by atoms with Gasteiger partial charge in [-0.1, -0.05) is 0 Å². The average Bonchev–Trinajstić information content (AvgIpc) is 2.74. The first-order valence-electron chi connectivity index (χ1n) is 9.53. The summed E-state index contributed by atoms with van der Waals surface area (Å²) in [7, 11) is 0. The highest BCUT2D eigenvalue weighted by Gasteiger charge is 2.30. The number of fused-ring (bicyclic) bond motifs is 2. The number of halogens is 2. The van der Waals surface area contributed by atoms with Gasteiger partial charge < -0.3 is 10.6 Å². The number of alkyl halides is 2. The van der Waals surface area contributed by atoms with E-state index in [9.17, 15) is 19.2 Å². The molecule has 1 aliphatic carbocycles. The van der Waals surface area contributed by atoms with E-state index in [2.05, 4.69) is 10.6 Å². The van der Waals surface area contributed by atoms with Crippen molar-refractivity contribution in [2.24, 2.45) is 0 Å². The van der Waals surface area contributed by atoms with Crippen LogP contribution in [0.3, 0.4) is 0 Å². The third-order valence-corrected chi connectivity index (χ3v) is 5.19. The van der Waals surface area contributed by atoms with Crippen molar-refractivity contribution in [3.05, 3.63) is 58.7 Å². The fourth-order valence-electron chi connectivity index (χ4n) is 3.21. The van der Waals surface area contributed by atoms with Crippen LogP contribution in [0, 0.1) is 0 Å². The Hall–Kier alpha value is -2.70. The Labute approximate surface area is 183 Å². The molecular formula is C22H20Cl2N2O4. The fraction of sp³-hybridized carbons (Fsp3) is 0.273. The van der Waals surface area contributed by atoms with E-state index in [0.29, 0.717) is 36.0 Å². The first-order chi connectivity index (χ1) is 14.4. The largest absolute Gasteiger partial charge is 0.326 e. The Balaban J connectivity index is 1.85. The summed E-state index contributed by atoms with van der Waals surface area (Å²) >= 11 is 11.2. The number of ketones is 2. The lowest BCUT2D eigenvalue weighted by Gasteiger charge is -2.19. The number of benzene rings is 2. The van der Waals surface area contributed by atoms with Crippen molar-refractivity contribution in [1.82, 2.24) is 0 Å². The third kappa shape index (κ3) is 4.89. The van der Waals surface area contributed by atoms with Crippen LogP contribution in [-0.4, -0.2) is 35.1 Å². The van der Waals surface area contributed by atoms with Gasteiger partial charge in [-0.15, -0.1) is 23.2 Å². The Morgan fingerprint density at radius 3 is 1.47 bits per heavy atom. The van der Waals surface area contributed by atoms with E-state index in [1.807, 2.05) is 0 Å². The molecule has 0 unspecified atom stereocenters. The topological polar surface area (TPSA) is 92.3 Å². The normalized spacial score (nSPS) is 12.2. The summed E-state index contributed by atoms with van der Waals surface area (Å²) < 4.78 is 0. The van der Waals surface area contributed by atoms with Gasteiger partial charge in [-0.3, -0.25) is 19.2 Å². The number of nitrogens with one attached hydrogen (secondary N) is 2. The van der Waals surface area contributed by atoms with Crippen molar-refractivity contribution in [3.8, 4) is 0 Å². The van der Waals surface area contributed by atoms with Gasteiger partial charge in [0.25, 0.3) is 0 Å². The van der Waals surface area contributed by atoms with Gasteiger partial charge in [0.15, 0.2) is 11.6 Å². The average molecular weight is 447 g/mol. The highest BCUT2D eigenvalue weighted by atomic mass is 35.5.